The Labute approximate surface area is 122 Å². The summed E-state index contributed by atoms with van der Waals surface area (Å²) in [7, 11) is 1.65. The molecule has 5 nitrogen and oxygen atoms in total. The number of carbonyl (C=O) groups excluding carboxylic acids is 1. The van der Waals surface area contributed by atoms with Gasteiger partial charge < -0.3 is 15.0 Å². The first-order valence-electron chi connectivity index (χ1n) is 6.54. The van der Waals surface area contributed by atoms with Crippen LogP contribution in [0, 0.1) is 6.92 Å². The highest BCUT2D eigenvalue weighted by Gasteiger charge is 2.06. The predicted molar refractivity (Wildman–Crippen MR) is 81.1 cm³/mol. The van der Waals surface area contributed by atoms with Gasteiger partial charge in [-0.1, -0.05) is 17.8 Å². The number of aryl methyl sites for hydroxylation is 1. The molecular formula is C14H19N3O2S. The zero-order chi connectivity index (χ0) is 14.4. The van der Waals surface area contributed by atoms with E-state index in [1.54, 1.807) is 7.11 Å². The van der Waals surface area contributed by atoms with Crippen molar-refractivity contribution in [2.75, 3.05) is 26.0 Å². The molecule has 0 spiro atoms. The van der Waals surface area contributed by atoms with Crippen LogP contribution in [0.1, 0.15) is 12.0 Å². The first-order chi connectivity index (χ1) is 9.69. The van der Waals surface area contributed by atoms with Gasteiger partial charge in [0.05, 0.1) is 16.8 Å². The summed E-state index contributed by atoms with van der Waals surface area (Å²) in [5.74, 6) is 0.383. The van der Waals surface area contributed by atoms with E-state index in [1.807, 2.05) is 19.1 Å². The Balaban J connectivity index is 1.81. The van der Waals surface area contributed by atoms with Crippen LogP contribution in [0.4, 0.5) is 0 Å². The van der Waals surface area contributed by atoms with Crippen molar-refractivity contribution in [1.29, 1.82) is 0 Å². The van der Waals surface area contributed by atoms with Gasteiger partial charge in [0, 0.05) is 20.3 Å². The molecular weight excluding hydrogens is 274 g/mol. The molecule has 0 unspecified atom stereocenters. The fraction of sp³-hybridized carbons (Fsp3) is 0.429. The quantitative estimate of drug-likeness (QED) is 0.606. The third-order valence-electron chi connectivity index (χ3n) is 2.80. The Kier molecular flexibility index (Phi) is 5.43. The summed E-state index contributed by atoms with van der Waals surface area (Å²) < 4.78 is 4.92. The van der Waals surface area contributed by atoms with Crippen LogP contribution >= 0.6 is 11.8 Å². The lowest BCUT2D eigenvalue weighted by molar-refractivity contribution is -0.118. The van der Waals surface area contributed by atoms with Crippen LogP contribution in [-0.2, 0) is 9.53 Å². The fourth-order valence-electron chi connectivity index (χ4n) is 1.80. The molecule has 1 heterocycles. The van der Waals surface area contributed by atoms with Crippen molar-refractivity contribution >= 4 is 28.7 Å². The van der Waals surface area contributed by atoms with Crippen molar-refractivity contribution in [3.63, 3.8) is 0 Å². The molecule has 0 atom stereocenters. The van der Waals surface area contributed by atoms with Crippen LogP contribution in [0.5, 0.6) is 0 Å². The molecule has 0 radical (unpaired) electrons. The Morgan fingerprint density at radius 1 is 1.50 bits per heavy atom. The lowest BCUT2D eigenvalue weighted by atomic mass is 10.2. The maximum absolute atomic E-state index is 11.6. The summed E-state index contributed by atoms with van der Waals surface area (Å²) in [6.07, 6.45) is 0.830. The van der Waals surface area contributed by atoms with Crippen molar-refractivity contribution in [3.8, 4) is 0 Å². The van der Waals surface area contributed by atoms with E-state index < -0.39 is 0 Å². The zero-order valence-corrected chi connectivity index (χ0v) is 12.5. The molecule has 0 saturated heterocycles. The first kappa shape index (κ1) is 14.9. The van der Waals surface area contributed by atoms with Crippen LogP contribution < -0.4 is 5.32 Å². The number of nitrogens with zero attached hydrogens (tertiary/aromatic N) is 1. The Hall–Kier alpha value is -1.53. The van der Waals surface area contributed by atoms with Gasteiger partial charge in [-0.15, -0.1) is 0 Å². The molecule has 0 bridgehead atoms. The molecule has 6 heteroatoms. The number of imidazole rings is 1. The summed E-state index contributed by atoms with van der Waals surface area (Å²) in [6.45, 7) is 3.35. The van der Waals surface area contributed by atoms with Gasteiger partial charge in [0.15, 0.2) is 5.16 Å². The maximum atomic E-state index is 11.6. The predicted octanol–water partition coefficient (Wildman–Crippen LogP) is 2.12. The van der Waals surface area contributed by atoms with Crippen molar-refractivity contribution in [3.05, 3.63) is 23.8 Å². The number of carbonyl (C=O) groups is 1. The summed E-state index contributed by atoms with van der Waals surface area (Å²) >= 11 is 1.41. The number of aromatic nitrogens is 2. The van der Waals surface area contributed by atoms with Crippen LogP contribution in [0.2, 0.25) is 0 Å². The molecule has 20 heavy (non-hydrogen) atoms. The molecule has 0 aliphatic carbocycles. The number of amides is 1. The zero-order valence-electron chi connectivity index (χ0n) is 11.7. The number of thioether (sulfide) groups is 1. The first-order valence-corrected chi connectivity index (χ1v) is 7.52. The minimum Gasteiger partial charge on any atom is -0.385 e. The molecule has 0 saturated carbocycles. The van der Waals surface area contributed by atoms with Crippen molar-refractivity contribution in [1.82, 2.24) is 15.3 Å². The summed E-state index contributed by atoms with van der Waals surface area (Å²) in [6, 6.07) is 6.06. The topological polar surface area (TPSA) is 67.0 Å². The molecule has 2 N–H and O–H groups in total. The number of rotatable bonds is 7. The normalized spacial score (nSPS) is 10.9. The number of nitrogens with one attached hydrogen (secondary N) is 2. The Bertz CT molecular complexity index is 583. The summed E-state index contributed by atoms with van der Waals surface area (Å²) in [5.41, 5.74) is 3.13. The van der Waals surface area contributed by atoms with E-state index in [0.29, 0.717) is 18.9 Å². The highest BCUT2D eigenvalue weighted by molar-refractivity contribution is 7.99. The van der Waals surface area contributed by atoms with E-state index in [-0.39, 0.29) is 5.91 Å². The number of aromatic amines is 1. The van der Waals surface area contributed by atoms with Crippen LogP contribution in [-0.4, -0.2) is 41.9 Å². The van der Waals surface area contributed by atoms with Crippen molar-refractivity contribution in [2.45, 2.75) is 18.5 Å². The van der Waals surface area contributed by atoms with Gasteiger partial charge >= 0.3 is 0 Å². The van der Waals surface area contributed by atoms with Gasteiger partial charge in [0.1, 0.15) is 0 Å². The van der Waals surface area contributed by atoms with Gasteiger partial charge in [-0.3, -0.25) is 4.79 Å². The molecule has 2 aromatic rings. The third kappa shape index (κ3) is 4.25. The Morgan fingerprint density at radius 2 is 2.35 bits per heavy atom. The van der Waals surface area contributed by atoms with Gasteiger partial charge in [-0.05, 0) is 31.0 Å². The van der Waals surface area contributed by atoms with Gasteiger partial charge in [-0.2, -0.15) is 0 Å². The van der Waals surface area contributed by atoms with Gasteiger partial charge in [-0.25, -0.2) is 4.98 Å². The second-order valence-electron chi connectivity index (χ2n) is 4.55. The van der Waals surface area contributed by atoms with E-state index in [9.17, 15) is 4.79 Å². The number of benzene rings is 1. The molecule has 1 aromatic carbocycles. The molecule has 108 valence electrons. The molecule has 0 fully saturated rings. The summed E-state index contributed by atoms with van der Waals surface area (Å²) in [4.78, 5) is 19.3. The SMILES string of the molecule is COCCCNC(=O)CSc1nc2ccc(C)cc2[nH]1. The van der Waals surface area contributed by atoms with Gasteiger partial charge in [0.2, 0.25) is 5.91 Å². The largest absolute Gasteiger partial charge is 0.385 e. The lowest BCUT2D eigenvalue weighted by Crippen LogP contribution is -2.26. The highest BCUT2D eigenvalue weighted by atomic mass is 32.2. The number of hydrogen-bond donors (Lipinski definition) is 2. The maximum Gasteiger partial charge on any atom is 0.230 e. The average Bonchev–Trinajstić information content (AvgIpc) is 2.83. The molecule has 1 aromatic heterocycles. The molecule has 2 rings (SSSR count). The number of hydrogen-bond acceptors (Lipinski definition) is 4. The second-order valence-corrected chi connectivity index (χ2v) is 5.51. The van der Waals surface area contributed by atoms with E-state index >= 15 is 0 Å². The van der Waals surface area contributed by atoms with E-state index in [4.69, 9.17) is 4.74 Å². The van der Waals surface area contributed by atoms with E-state index in [2.05, 4.69) is 21.4 Å². The average molecular weight is 293 g/mol. The van der Waals surface area contributed by atoms with Crippen LogP contribution in [0.15, 0.2) is 23.4 Å². The molecule has 0 aliphatic heterocycles. The number of fused-ring (bicyclic) bond motifs is 1. The van der Waals surface area contributed by atoms with Crippen LogP contribution in [0.3, 0.4) is 0 Å². The third-order valence-corrected chi connectivity index (χ3v) is 3.68. The highest BCUT2D eigenvalue weighted by Crippen LogP contribution is 2.19. The second kappa shape index (κ2) is 7.31. The van der Waals surface area contributed by atoms with Crippen molar-refractivity contribution in [2.24, 2.45) is 0 Å². The van der Waals surface area contributed by atoms with Crippen LogP contribution in [0.25, 0.3) is 11.0 Å². The standard InChI is InChI=1S/C14H19N3O2S/c1-10-4-5-11-12(8-10)17-14(16-11)20-9-13(18)15-6-3-7-19-2/h4-5,8H,3,6-7,9H2,1-2H3,(H,15,18)(H,16,17). The Morgan fingerprint density at radius 3 is 3.15 bits per heavy atom. The minimum absolute atomic E-state index is 0.0164. The number of H-pyrrole nitrogens is 1. The number of ether oxygens (including phenoxy) is 1. The fourth-order valence-corrected chi connectivity index (χ4v) is 2.51. The lowest BCUT2D eigenvalue weighted by Gasteiger charge is -2.03. The van der Waals surface area contributed by atoms with E-state index in [1.165, 1.54) is 17.3 Å². The van der Waals surface area contributed by atoms with E-state index in [0.717, 1.165) is 22.6 Å². The molecule has 1 amide bonds. The smallest absolute Gasteiger partial charge is 0.230 e. The van der Waals surface area contributed by atoms with Crippen molar-refractivity contribution < 1.29 is 9.53 Å². The monoisotopic (exact) mass is 293 g/mol. The number of methoxy groups -OCH3 is 1. The minimum atomic E-state index is 0.0164. The molecule has 0 aliphatic rings. The summed E-state index contributed by atoms with van der Waals surface area (Å²) in [5, 5.41) is 3.62. The van der Waals surface area contributed by atoms with Gasteiger partial charge in [0.25, 0.3) is 0 Å².